The molecule has 0 aliphatic rings. The van der Waals surface area contributed by atoms with Gasteiger partial charge in [-0.05, 0) is 18.2 Å². The van der Waals surface area contributed by atoms with E-state index in [2.05, 4.69) is 20.6 Å². The van der Waals surface area contributed by atoms with E-state index in [1.165, 1.54) is 6.07 Å². The summed E-state index contributed by atoms with van der Waals surface area (Å²) in [4.78, 5) is 8.92. The van der Waals surface area contributed by atoms with Crippen LogP contribution in [0.1, 0.15) is 5.56 Å². The number of anilines is 3. The van der Waals surface area contributed by atoms with Crippen molar-refractivity contribution in [2.24, 2.45) is 0 Å². The second-order valence-corrected chi connectivity index (χ2v) is 5.95. The highest BCUT2D eigenvalue weighted by molar-refractivity contribution is 5.65. The molecular formula is C20H19F3N4O. The monoisotopic (exact) mass is 388 g/mol. The van der Waals surface area contributed by atoms with Gasteiger partial charge in [-0.2, -0.15) is 13.2 Å². The van der Waals surface area contributed by atoms with Crippen molar-refractivity contribution in [2.75, 3.05) is 30.9 Å². The predicted molar refractivity (Wildman–Crippen MR) is 103 cm³/mol. The Morgan fingerprint density at radius 3 is 2.39 bits per heavy atom. The Bertz CT molecular complexity index is 917. The normalized spacial score (nSPS) is 11.3. The fourth-order valence-corrected chi connectivity index (χ4v) is 2.52. The number of nitrogens with one attached hydrogen (secondary N) is 2. The molecule has 1 aromatic heterocycles. The first-order chi connectivity index (χ1) is 13.5. The van der Waals surface area contributed by atoms with E-state index in [9.17, 15) is 13.2 Å². The van der Waals surface area contributed by atoms with Crippen LogP contribution < -0.4 is 10.6 Å². The van der Waals surface area contributed by atoms with Crippen LogP contribution in [-0.4, -0.2) is 30.2 Å². The molecule has 5 nitrogen and oxygen atoms in total. The number of nitrogens with zero attached hydrogens (tertiary/aromatic N) is 2. The van der Waals surface area contributed by atoms with E-state index in [1.54, 1.807) is 19.2 Å². The largest absolute Gasteiger partial charge is 0.416 e. The van der Waals surface area contributed by atoms with Crippen LogP contribution >= 0.6 is 0 Å². The second kappa shape index (κ2) is 8.71. The van der Waals surface area contributed by atoms with Gasteiger partial charge in [0.05, 0.1) is 12.2 Å². The number of benzene rings is 2. The summed E-state index contributed by atoms with van der Waals surface area (Å²) < 4.78 is 43.9. The molecule has 0 aliphatic heterocycles. The number of hydrogen-bond acceptors (Lipinski definition) is 5. The third-order valence-electron chi connectivity index (χ3n) is 3.83. The first-order valence-electron chi connectivity index (χ1n) is 8.57. The van der Waals surface area contributed by atoms with Crippen molar-refractivity contribution >= 4 is 17.3 Å². The molecule has 3 aromatic rings. The molecule has 0 fully saturated rings. The molecule has 0 saturated heterocycles. The molecule has 0 unspecified atom stereocenters. The lowest BCUT2D eigenvalue weighted by molar-refractivity contribution is -0.137. The summed E-state index contributed by atoms with van der Waals surface area (Å²) in [5, 5.41) is 6.06. The van der Waals surface area contributed by atoms with Gasteiger partial charge in [-0.3, -0.25) is 0 Å². The van der Waals surface area contributed by atoms with Crippen molar-refractivity contribution in [3.63, 3.8) is 0 Å². The second-order valence-electron chi connectivity index (χ2n) is 5.95. The van der Waals surface area contributed by atoms with Crippen LogP contribution in [0, 0.1) is 0 Å². The van der Waals surface area contributed by atoms with Crippen molar-refractivity contribution in [1.82, 2.24) is 9.97 Å². The summed E-state index contributed by atoms with van der Waals surface area (Å²) in [5.41, 5.74) is 0.355. The molecule has 0 saturated carbocycles. The predicted octanol–water partition coefficient (Wildman–Crippen LogP) is 4.96. The van der Waals surface area contributed by atoms with E-state index < -0.39 is 11.7 Å². The average Bonchev–Trinajstić information content (AvgIpc) is 2.68. The highest BCUT2D eigenvalue weighted by atomic mass is 19.4. The van der Waals surface area contributed by atoms with E-state index >= 15 is 0 Å². The van der Waals surface area contributed by atoms with Crippen LogP contribution in [0.5, 0.6) is 0 Å². The Morgan fingerprint density at radius 1 is 0.929 bits per heavy atom. The zero-order valence-corrected chi connectivity index (χ0v) is 15.1. The van der Waals surface area contributed by atoms with E-state index in [0.29, 0.717) is 30.6 Å². The van der Waals surface area contributed by atoms with Crippen molar-refractivity contribution in [2.45, 2.75) is 6.18 Å². The van der Waals surface area contributed by atoms with Crippen LogP contribution in [0.4, 0.5) is 30.5 Å². The molecule has 8 heteroatoms. The van der Waals surface area contributed by atoms with Crippen LogP contribution in [0.3, 0.4) is 0 Å². The fourth-order valence-electron chi connectivity index (χ4n) is 2.52. The maximum atomic E-state index is 13.0. The molecule has 0 spiro atoms. The summed E-state index contributed by atoms with van der Waals surface area (Å²) in [6.07, 6.45) is -4.41. The van der Waals surface area contributed by atoms with Gasteiger partial charge in [0.15, 0.2) is 5.82 Å². The Hall–Kier alpha value is -3.13. The van der Waals surface area contributed by atoms with Crippen molar-refractivity contribution in [3.8, 4) is 11.4 Å². The third kappa shape index (κ3) is 5.20. The molecule has 0 bridgehead atoms. The smallest absolute Gasteiger partial charge is 0.383 e. The molecule has 28 heavy (non-hydrogen) atoms. The highest BCUT2D eigenvalue weighted by Gasteiger charge is 2.30. The Labute approximate surface area is 160 Å². The molecule has 2 aromatic carbocycles. The van der Waals surface area contributed by atoms with Gasteiger partial charge in [0.1, 0.15) is 11.6 Å². The minimum absolute atomic E-state index is 0.287. The Morgan fingerprint density at radius 2 is 1.68 bits per heavy atom. The minimum atomic E-state index is -4.41. The first kappa shape index (κ1) is 19.6. The van der Waals surface area contributed by atoms with Gasteiger partial charge in [-0.15, -0.1) is 0 Å². The van der Waals surface area contributed by atoms with Gasteiger partial charge in [0, 0.05) is 31.0 Å². The number of aromatic nitrogens is 2. The topological polar surface area (TPSA) is 59.1 Å². The summed E-state index contributed by atoms with van der Waals surface area (Å²) >= 11 is 0. The first-order valence-corrected chi connectivity index (χ1v) is 8.57. The molecule has 1 heterocycles. The molecule has 0 radical (unpaired) electrons. The molecule has 146 valence electrons. The maximum Gasteiger partial charge on any atom is 0.416 e. The molecule has 2 N–H and O–H groups in total. The lowest BCUT2D eigenvalue weighted by Crippen LogP contribution is -2.10. The third-order valence-corrected chi connectivity index (χ3v) is 3.83. The van der Waals surface area contributed by atoms with E-state index in [-0.39, 0.29) is 5.69 Å². The maximum absolute atomic E-state index is 13.0. The average molecular weight is 388 g/mol. The molecule has 3 rings (SSSR count). The lowest BCUT2D eigenvalue weighted by atomic mass is 10.2. The van der Waals surface area contributed by atoms with E-state index in [0.717, 1.165) is 17.7 Å². The fraction of sp³-hybridized carbons (Fsp3) is 0.200. The van der Waals surface area contributed by atoms with Gasteiger partial charge in [0.2, 0.25) is 0 Å². The SMILES string of the molecule is COCCNc1cc(Nc2cccc(C(F)(F)F)c2)nc(-c2ccccc2)n1. The molecular weight excluding hydrogens is 369 g/mol. The zero-order valence-electron chi connectivity index (χ0n) is 15.1. The molecule has 0 atom stereocenters. The van der Waals surface area contributed by atoms with Crippen molar-refractivity contribution < 1.29 is 17.9 Å². The Kier molecular flexibility index (Phi) is 6.10. The van der Waals surface area contributed by atoms with Gasteiger partial charge >= 0.3 is 6.18 Å². The molecule has 0 amide bonds. The standard InChI is InChI=1S/C20H19F3N4O/c1-28-11-10-24-17-13-18(27-19(26-17)14-6-3-2-4-7-14)25-16-9-5-8-15(12-16)20(21,22)23/h2-9,12-13H,10-11H2,1H3,(H2,24,25,26,27). The Balaban J connectivity index is 1.92. The summed E-state index contributed by atoms with van der Waals surface area (Å²) in [5.74, 6) is 1.38. The number of alkyl halides is 3. The van der Waals surface area contributed by atoms with E-state index in [1.807, 2.05) is 30.3 Å². The van der Waals surface area contributed by atoms with Gasteiger partial charge in [-0.1, -0.05) is 36.4 Å². The van der Waals surface area contributed by atoms with E-state index in [4.69, 9.17) is 4.74 Å². The van der Waals surface area contributed by atoms with Crippen LogP contribution in [0.2, 0.25) is 0 Å². The summed E-state index contributed by atoms with van der Waals surface area (Å²) in [7, 11) is 1.59. The highest BCUT2D eigenvalue weighted by Crippen LogP contribution is 2.31. The zero-order chi connectivity index (χ0) is 20.0. The number of rotatable bonds is 7. The summed E-state index contributed by atoms with van der Waals surface area (Å²) in [6, 6.07) is 16.0. The number of methoxy groups -OCH3 is 1. The van der Waals surface area contributed by atoms with Crippen molar-refractivity contribution in [1.29, 1.82) is 0 Å². The number of hydrogen-bond donors (Lipinski definition) is 2. The quantitative estimate of drug-likeness (QED) is 0.560. The van der Waals surface area contributed by atoms with Crippen LogP contribution in [-0.2, 0) is 10.9 Å². The number of halogens is 3. The van der Waals surface area contributed by atoms with Gasteiger partial charge in [-0.25, -0.2) is 9.97 Å². The number of ether oxygens (including phenoxy) is 1. The summed E-state index contributed by atoms with van der Waals surface area (Å²) in [6.45, 7) is 1.02. The lowest BCUT2D eigenvalue weighted by Gasteiger charge is -2.13. The van der Waals surface area contributed by atoms with Crippen molar-refractivity contribution in [3.05, 3.63) is 66.2 Å². The van der Waals surface area contributed by atoms with Crippen LogP contribution in [0.15, 0.2) is 60.7 Å². The van der Waals surface area contributed by atoms with Crippen LogP contribution in [0.25, 0.3) is 11.4 Å². The van der Waals surface area contributed by atoms with Gasteiger partial charge < -0.3 is 15.4 Å². The minimum Gasteiger partial charge on any atom is -0.383 e. The van der Waals surface area contributed by atoms with Gasteiger partial charge in [0.25, 0.3) is 0 Å². The molecule has 0 aliphatic carbocycles.